The summed E-state index contributed by atoms with van der Waals surface area (Å²) in [5.41, 5.74) is 5.41. The molecule has 2 aliphatic carbocycles. The predicted octanol–water partition coefficient (Wildman–Crippen LogP) is 6.73. The van der Waals surface area contributed by atoms with E-state index >= 15 is 0 Å². The van der Waals surface area contributed by atoms with Crippen LogP contribution in [0.4, 0.5) is 9.59 Å². The number of hydrogen-bond donors (Lipinski definition) is 4. The first-order chi connectivity index (χ1) is 28.6. The molecule has 4 fully saturated rings. The van der Waals surface area contributed by atoms with Crippen molar-refractivity contribution in [2.45, 2.75) is 103 Å². The molecule has 14 heteroatoms. The molecule has 4 heterocycles. The van der Waals surface area contributed by atoms with Crippen LogP contribution in [0.15, 0.2) is 60.9 Å². The van der Waals surface area contributed by atoms with Gasteiger partial charge in [0.2, 0.25) is 11.8 Å². The minimum absolute atomic E-state index is 0.0355. The van der Waals surface area contributed by atoms with Gasteiger partial charge in [-0.1, -0.05) is 77.6 Å². The van der Waals surface area contributed by atoms with Crippen LogP contribution >= 0.6 is 0 Å². The lowest BCUT2D eigenvalue weighted by atomic mass is 10.00. The molecule has 314 valence electrons. The maximum absolute atomic E-state index is 13.9. The fourth-order valence-electron chi connectivity index (χ4n) is 9.29. The Morgan fingerprint density at radius 2 is 1.02 bits per heavy atom. The van der Waals surface area contributed by atoms with E-state index in [4.69, 9.17) is 19.4 Å². The fraction of sp³-hybridized carbons (Fsp3) is 0.478. The SMILES string of the molecule is COC(=O)N[C@H](C(=O)N1[C@H]2C[C@@]2(C)C[C@H]1c1ncc(-c2ccc(C#Cc3ccc(-c4cnc([C@@H]5C[C@]6(C)C[C@@H]6N5C(=O)[C@@H](NC(=O)OC)C(C)C)[nH]4)cc3)cc2)[nH]1)C(C)C. The summed E-state index contributed by atoms with van der Waals surface area (Å²) in [5.74, 6) is 7.55. The second-order valence-electron chi connectivity index (χ2n) is 18.2. The summed E-state index contributed by atoms with van der Waals surface area (Å²) in [5, 5.41) is 5.48. The molecule has 14 nitrogen and oxygen atoms in total. The highest BCUT2D eigenvalue weighted by molar-refractivity contribution is 5.88. The number of rotatable bonds is 10. The van der Waals surface area contributed by atoms with Crippen molar-refractivity contribution in [3.8, 4) is 34.4 Å². The average Bonchev–Trinajstić information content (AvgIpc) is 3.68. The highest BCUT2D eigenvalue weighted by Crippen LogP contribution is 2.64. The number of hydrogen-bond acceptors (Lipinski definition) is 8. The van der Waals surface area contributed by atoms with Gasteiger partial charge in [-0.05, 0) is 83.7 Å². The number of alkyl carbamates (subject to hydrolysis) is 2. The molecule has 0 radical (unpaired) electrons. The van der Waals surface area contributed by atoms with Crippen molar-refractivity contribution in [3.63, 3.8) is 0 Å². The Hall–Kier alpha value is -6.10. The van der Waals surface area contributed by atoms with Crippen LogP contribution in [-0.2, 0) is 19.1 Å². The number of fused-ring (bicyclic) bond motifs is 2. The van der Waals surface area contributed by atoms with E-state index in [1.54, 1.807) is 12.4 Å². The Morgan fingerprint density at radius 3 is 1.35 bits per heavy atom. The first-order valence-electron chi connectivity index (χ1n) is 20.8. The first kappa shape index (κ1) is 40.7. The summed E-state index contributed by atoms with van der Waals surface area (Å²) in [7, 11) is 2.60. The molecule has 2 aromatic heterocycles. The maximum Gasteiger partial charge on any atom is 0.407 e. The zero-order chi connectivity index (χ0) is 42.7. The lowest BCUT2D eigenvalue weighted by Crippen LogP contribution is -2.52. The number of nitrogens with one attached hydrogen (secondary N) is 4. The van der Waals surface area contributed by atoms with Crippen molar-refractivity contribution >= 4 is 24.0 Å². The standard InChI is InChI=1S/C46H54N8O6/c1-25(2)37(51-43(57)59-7)41(55)53-33(19-45(5)21-35(45)53)39-47-23-31(49-39)29-15-11-27(12-16-29)9-10-28-13-17-30(18-14-28)32-24-48-40(50-32)34-20-46(6)22-36(46)54(34)42(56)38(26(3)4)52-44(58)60-8/h11-18,23-26,33-38H,19-22H2,1-8H3,(H,47,49)(H,48,50)(H,51,57)(H,52,58)/t33-,34-,35-,36-,37-,38-,45+,46+/m0/s1. The molecule has 2 saturated heterocycles. The molecular formula is C46H54N8O6. The summed E-state index contributed by atoms with van der Waals surface area (Å²) < 4.78 is 9.61. The Balaban J connectivity index is 0.918. The lowest BCUT2D eigenvalue weighted by molar-refractivity contribution is -0.137. The van der Waals surface area contributed by atoms with E-state index in [1.165, 1.54) is 14.2 Å². The largest absolute Gasteiger partial charge is 0.453 e. The molecule has 0 bridgehead atoms. The number of carbonyl (C=O) groups is 4. The number of H-pyrrole nitrogens is 2. The minimum Gasteiger partial charge on any atom is -0.453 e. The monoisotopic (exact) mass is 814 g/mol. The first-order valence-corrected chi connectivity index (χ1v) is 20.8. The van der Waals surface area contributed by atoms with Gasteiger partial charge in [-0.3, -0.25) is 9.59 Å². The van der Waals surface area contributed by atoms with Gasteiger partial charge >= 0.3 is 12.2 Å². The topological polar surface area (TPSA) is 175 Å². The molecule has 4 aromatic rings. The van der Waals surface area contributed by atoms with Crippen molar-refractivity contribution in [2.75, 3.05) is 14.2 Å². The van der Waals surface area contributed by atoms with Gasteiger partial charge in [0.05, 0.1) is 50.1 Å². The summed E-state index contributed by atoms with van der Waals surface area (Å²) >= 11 is 0. The number of aromatic amines is 2. The smallest absolute Gasteiger partial charge is 0.407 e. The van der Waals surface area contributed by atoms with Crippen molar-refractivity contribution in [1.29, 1.82) is 0 Å². The van der Waals surface area contributed by atoms with Crippen LogP contribution in [0.25, 0.3) is 22.5 Å². The molecule has 60 heavy (non-hydrogen) atoms. The molecule has 4 N–H and O–H groups in total. The third kappa shape index (κ3) is 7.61. The van der Waals surface area contributed by atoms with Crippen LogP contribution in [0.1, 0.15) is 102 Å². The Labute approximate surface area is 350 Å². The molecule has 0 unspecified atom stereocenters. The van der Waals surface area contributed by atoms with Gasteiger partial charge in [0, 0.05) is 23.2 Å². The van der Waals surface area contributed by atoms with Gasteiger partial charge in [0.15, 0.2) is 0 Å². The number of nitrogens with zero attached hydrogens (tertiary/aromatic N) is 4. The number of piperidine rings is 2. The number of methoxy groups -OCH3 is 2. The highest BCUT2D eigenvalue weighted by Gasteiger charge is 2.65. The summed E-state index contributed by atoms with van der Waals surface area (Å²) in [6, 6.07) is 14.3. The summed E-state index contributed by atoms with van der Waals surface area (Å²) in [6.45, 7) is 12.1. The van der Waals surface area contributed by atoms with E-state index in [0.29, 0.717) is 0 Å². The lowest BCUT2D eigenvalue weighted by Gasteiger charge is -2.31. The number of amides is 4. The molecule has 8 atom stereocenters. The molecule has 2 aromatic carbocycles. The molecule has 8 rings (SSSR count). The van der Waals surface area contributed by atoms with Crippen molar-refractivity contribution < 1.29 is 28.7 Å². The zero-order valence-corrected chi connectivity index (χ0v) is 35.5. The van der Waals surface area contributed by atoms with Crippen molar-refractivity contribution in [1.82, 2.24) is 40.4 Å². The van der Waals surface area contributed by atoms with Crippen molar-refractivity contribution in [2.24, 2.45) is 22.7 Å². The number of carbonyl (C=O) groups excluding carboxylic acids is 4. The van der Waals surface area contributed by atoms with Gasteiger partial charge in [-0.15, -0.1) is 0 Å². The number of likely N-dealkylation sites (tertiary alicyclic amines) is 2. The number of ether oxygens (including phenoxy) is 2. The third-order valence-corrected chi connectivity index (χ3v) is 13.1. The number of aromatic nitrogens is 4. The van der Waals surface area contributed by atoms with Gasteiger partial charge in [-0.2, -0.15) is 0 Å². The summed E-state index contributed by atoms with van der Waals surface area (Å²) in [4.78, 5) is 72.2. The third-order valence-electron chi connectivity index (χ3n) is 13.1. The molecule has 4 aliphatic rings. The van der Waals surface area contributed by atoms with E-state index in [9.17, 15) is 19.2 Å². The van der Waals surface area contributed by atoms with Crippen LogP contribution in [0, 0.1) is 34.5 Å². The van der Waals surface area contributed by atoms with Crippen LogP contribution < -0.4 is 10.6 Å². The Morgan fingerprint density at radius 1 is 0.650 bits per heavy atom. The average molecular weight is 815 g/mol. The van der Waals surface area contributed by atoms with E-state index in [2.05, 4.69) is 46.3 Å². The Kier molecular flexibility index (Phi) is 10.5. The van der Waals surface area contributed by atoms with Gasteiger partial charge in [0.25, 0.3) is 0 Å². The van der Waals surface area contributed by atoms with E-state index < -0.39 is 24.3 Å². The fourth-order valence-corrected chi connectivity index (χ4v) is 9.29. The van der Waals surface area contributed by atoms with Crippen LogP contribution in [0.2, 0.25) is 0 Å². The minimum atomic E-state index is -0.695. The maximum atomic E-state index is 13.9. The zero-order valence-electron chi connectivity index (χ0n) is 35.5. The molecule has 2 aliphatic heterocycles. The van der Waals surface area contributed by atoms with Crippen LogP contribution in [0.5, 0.6) is 0 Å². The van der Waals surface area contributed by atoms with Crippen LogP contribution in [0.3, 0.4) is 0 Å². The molecular weight excluding hydrogens is 761 g/mol. The molecule has 0 spiro atoms. The summed E-state index contributed by atoms with van der Waals surface area (Å²) in [6.07, 6.45) is 5.85. The normalized spacial score (nSPS) is 25.8. The van der Waals surface area contributed by atoms with Crippen molar-refractivity contribution in [3.05, 3.63) is 83.7 Å². The second kappa shape index (κ2) is 15.5. The highest BCUT2D eigenvalue weighted by atomic mass is 16.5. The molecule has 4 amide bonds. The van der Waals surface area contributed by atoms with Gasteiger partial charge in [-0.25, -0.2) is 19.6 Å². The molecule has 2 saturated carbocycles. The van der Waals surface area contributed by atoms with E-state index in [1.807, 2.05) is 86.0 Å². The predicted molar refractivity (Wildman–Crippen MR) is 224 cm³/mol. The van der Waals surface area contributed by atoms with E-state index in [-0.39, 0.29) is 58.6 Å². The number of benzene rings is 2. The van der Waals surface area contributed by atoms with Gasteiger partial charge < -0.3 is 39.9 Å². The van der Waals surface area contributed by atoms with E-state index in [0.717, 1.165) is 71.0 Å². The second-order valence-corrected chi connectivity index (χ2v) is 18.2. The van der Waals surface area contributed by atoms with Crippen LogP contribution in [-0.4, -0.2) is 92.1 Å². The number of imidazole rings is 2. The quantitative estimate of drug-likeness (QED) is 0.128. The van der Waals surface area contributed by atoms with Gasteiger partial charge in [0.1, 0.15) is 23.7 Å². The Bertz CT molecular complexity index is 2200.